The molecule has 0 heterocycles. The summed E-state index contributed by atoms with van der Waals surface area (Å²) in [5, 5.41) is 2.58. The summed E-state index contributed by atoms with van der Waals surface area (Å²) in [5.74, 6) is -1.32. The monoisotopic (exact) mass is 271 g/mol. The van der Waals surface area contributed by atoms with E-state index in [0.717, 1.165) is 5.56 Å². The second kappa shape index (κ2) is 5.65. The molecule has 102 valence electrons. The molecule has 2 aromatic rings. The summed E-state index contributed by atoms with van der Waals surface area (Å²) in [6.07, 6.45) is 0. The predicted octanol–water partition coefficient (Wildman–Crippen LogP) is 3.59. The lowest BCUT2D eigenvalue weighted by Gasteiger charge is -2.10. The fourth-order valence-electron chi connectivity index (χ4n) is 1.90. The molecular weight excluding hydrogens is 257 g/mol. The lowest BCUT2D eigenvalue weighted by molar-refractivity contribution is 0.101. The topological polar surface area (TPSA) is 46.2 Å². The molecule has 2 rings (SSSR count). The molecule has 2 aromatic carbocycles. The second-order valence-electron chi connectivity index (χ2n) is 4.54. The van der Waals surface area contributed by atoms with Crippen LogP contribution in [-0.4, -0.2) is 11.7 Å². The first-order chi connectivity index (χ1) is 9.49. The Balaban J connectivity index is 2.33. The molecule has 0 aromatic heterocycles. The average Bonchev–Trinajstić information content (AvgIpc) is 2.41. The smallest absolute Gasteiger partial charge is 0.258 e. The maximum Gasteiger partial charge on any atom is 0.258 e. The summed E-state index contributed by atoms with van der Waals surface area (Å²) in [4.78, 5) is 23.6. The molecule has 4 heteroatoms. The van der Waals surface area contributed by atoms with Gasteiger partial charge in [0.25, 0.3) is 5.91 Å². The number of aryl methyl sites for hydroxylation is 1. The van der Waals surface area contributed by atoms with Crippen molar-refractivity contribution in [2.24, 2.45) is 0 Å². The van der Waals surface area contributed by atoms with Crippen LogP contribution >= 0.6 is 0 Å². The number of benzene rings is 2. The molecule has 0 aliphatic carbocycles. The van der Waals surface area contributed by atoms with Gasteiger partial charge in [-0.15, -0.1) is 0 Å². The van der Waals surface area contributed by atoms with Gasteiger partial charge >= 0.3 is 0 Å². The quantitative estimate of drug-likeness (QED) is 0.867. The number of carbonyl (C=O) groups excluding carboxylic acids is 2. The van der Waals surface area contributed by atoms with Gasteiger partial charge in [-0.3, -0.25) is 9.59 Å². The lowest BCUT2D eigenvalue weighted by Crippen LogP contribution is -2.16. The summed E-state index contributed by atoms with van der Waals surface area (Å²) in [7, 11) is 0. The Labute approximate surface area is 116 Å². The van der Waals surface area contributed by atoms with Crippen molar-refractivity contribution in [1.82, 2.24) is 0 Å². The minimum atomic E-state index is -0.589. The number of hydrogen-bond acceptors (Lipinski definition) is 2. The molecule has 0 radical (unpaired) electrons. The van der Waals surface area contributed by atoms with Crippen LogP contribution in [0.15, 0.2) is 42.5 Å². The molecule has 0 bridgehead atoms. The highest BCUT2D eigenvalue weighted by Gasteiger charge is 2.14. The fraction of sp³-hybridized carbons (Fsp3) is 0.125. The summed E-state index contributed by atoms with van der Waals surface area (Å²) in [6, 6.07) is 11.0. The van der Waals surface area contributed by atoms with E-state index in [9.17, 15) is 14.0 Å². The number of rotatable bonds is 3. The largest absolute Gasteiger partial charge is 0.321 e. The van der Waals surface area contributed by atoms with Crippen LogP contribution in [0.3, 0.4) is 0 Å². The van der Waals surface area contributed by atoms with Gasteiger partial charge in [-0.2, -0.15) is 0 Å². The van der Waals surface area contributed by atoms with Gasteiger partial charge < -0.3 is 5.32 Å². The summed E-state index contributed by atoms with van der Waals surface area (Å²) < 4.78 is 13.7. The predicted molar refractivity (Wildman–Crippen MR) is 75.5 cm³/mol. The number of anilines is 1. The van der Waals surface area contributed by atoms with E-state index in [-0.39, 0.29) is 11.3 Å². The molecule has 0 unspecified atom stereocenters. The Bertz CT molecular complexity index is 680. The maximum absolute atomic E-state index is 13.7. The van der Waals surface area contributed by atoms with E-state index in [1.165, 1.54) is 19.1 Å². The van der Waals surface area contributed by atoms with Crippen molar-refractivity contribution in [3.63, 3.8) is 0 Å². The lowest BCUT2D eigenvalue weighted by atomic mass is 10.1. The van der Waals surface area contributed by atoms with Crippen molar-refractivity contribution in [2.75, 3.05) is 5.32 Å². The standard InChI is InChI=1S/C16H14FNO2/c1-10-7-8-14(17)13(9-10)16(20)18-15-6-4-3-5-12(15)11(2)19/h3-9H,1-2H3,(H,18,20). The van der Waals surface area contributed by atoms with E-state index in [4.69, 9.17) is 0 Å². The summed E-state index contributed by atoms with van der Waals surface area (Å²) in [6.45, 7) is 3.19. The molecule has 0 saturated heterocycles. The molecule has 3 nitrogen and oxygen atoms in total. The van der Waals surface area contributed by atoms with Crippen molar-refractivity contribution in [3.05, 3.63) is 65.0 Å². The fourth-order valence-corrected chi connectivity index (χ4v) is 1.90. The summed E-state index contributed by atoms with van der Waals surface area (Å²) >= 11 is 0. The van der Waals surface area contributed by atoms with Gasteiger partial charge in [0.15, 0.2) is 5.78 Å². The van der Waals surface area contributed by atoms with Crippen LogP contribution in [-0.2, 0) is 0 Å². The van der Waals surface area contributed by atoms with Gasteiger partial charge in [-0.05, 0) is 38.1 Å². The summed E-state index contributed by atoms with van der Waals surface area (Å²) in [5.41, 5.74) is 1.53. The van der Waals surface area contributed by atoms with Crippen LogP contribution in [0.1, 0.15) is 33.2 Å². The highest BCUT2D eigenvalue weighted by molar-refractivity contribution is 6.09. The van der Waals surface area contributed by atoms with Gasteiger partial charge in [0.1, 0.15) is 5.82 Å². The molecule has 20 heavy (non-hydrogen) atoms. The van der Waals surface area contributed by atoms with E-state index in [1.54, 1.807) is 37.3 Å². The van der Waals surface area contributed by atoms with Gasteiger partial charge in [0, 0.05) is 5.56 Å². The van der Waals surface area contributed by atoms with E-state index in [1.807, 2.05) is 0 Å². The number of carbonyl (C=O) groups is 2. The van der Waals surface area contributed by atoms with Crippen LogP contribution in [0.4, 0.5) is 10.1 Å². The average molecular weight is 271 g/mol. The minimum Gasteiger partial charge on any atom is -0.321 e. The Hall–Kier alpha value is -2.49. The van der Waals surface area contributed by atoms with Crippen molar-refractivity contribution in [2.45, 2.75) is 13.8 Å². The van der Waals surface area contributed by atoms with E-state index >= 15 is 0 Å². The zero-order valence-corrected chi connectivity index (χ0v) is 11.2. The van der Waals surface area contributed by atoms with Crippen molar-refractivity contribution in [1.29, 1.82) is 0 Å². The molecule has 0 saturated carbocycles. The highest BCUT2D eigenvalue weighted by Crippen LogP contribution is 2.18. The first-order valence-electron chi connectivity index (χ1n) is 6.16. The second-order valence-corrected chi connectivity index (χ2v) is 4.54. The van der Waals surface area contributed by atoms with E-state index in [2.05, 4.69) is 5.32 Å². The third kappa shape index (κ3) is 2.91. The van der Waals surface area contributed by atoms with E-state index in [0.29, 0.717) is 11.3 Å². The number of amides is 1. The van der Waals surface area contributed by atoms with Crippen LogP contribution in [0, 0.1) is 12.7 Å². The Morgan fingerprint density at radius 1 is 1.05 bits per heavy atom. The molecule has 0 fully saturated rings. The number of para-hydroxylation sites is 1. The van der Waals surface area contributed by atoms with Gasteiger partial charge in [-0.25, -0.2) is 4.39 Å². The zero-order valence-electron chi connectivity index (χ0n) is 11.2. The molecule has 1 N–H and O–H groups in total. The number of halogens is 1. The zero-order chi connectivity index (χ0) is 14.7. The third-order valence-corrected chi connectivity index (χ3v) is 2.92. The number of hydrogen-bond donors (Lipinski definition) is 1. The number of Topliss-reactive ketones (excluding diaryl/α,β-unsaturated/α-hetero) is 1. The number of nitrogens with one attached hydrogen (secondary N) is 1. The Morgan fingerprint density at radius 3 is 2.45 bits per heavy atom. The molecule has 1 amide bonds. The highest BCUT2D eigenvalue weighted by atomic mass is 19.1. The normalized spacial score (nSPS) is 10.2. The molecular formula is C16H14FNO2. The van der Waals surface area contributed by atoms with Crippen LogP contribution in [0.5, 0.6) is 0 Å². The maximum atomic E-state index is 13.7. The first-order valence-corrected chi connectivity index (χ1v) is 6.16. The van der Waals surface area contributed by atoms with Crippen LogP contribution in [0.2, 0.25) is 0 Å². The third-order valence-electron chi connectivity index (χ3n) is 2.92. The molecule has 0 aliphatic rings. The minimum absolute atomic E-state index is 0.0386. The van der Waals surface area contributed by atoms with Gasteiger partial charge in [0.05, 0.1) is 11.3 Å². The first kappa shape index (κ1) is 13.9. The molecule has 0 atom stereocenters. The van der Waals surface area contributed by atoms with Crippen molar-refractivity contribution < 1.29 is 14.0 Å². The van der Waals surface area contributed by atoms with Crippen molar-refractivity contribution >= 4 is 17.4 Å². The molecule has 0 aliphatic heterocycles. The van der Waals surface area contributed by atoms with E-state index < -0.39 is 11.7 Å². The van der Waals surface area contributed by atoms with Gasteiger partial charge in [0.2, 0.25) is 0 Å². The van der Waals surface area contributed by atoms with Crippen LogP contribution in [0.25, 0.3) is 0 Å². The van der Waals surface area contributed by atoms with Crippen molar-refractivity contribution in [3.8, 4) is 0 Å². The Morgan fingerprint density at radius 2 is 1.75 bits per heavy atom. The Kier molecular flexibility index (Phi) is 3.94. The number of ketones is 1. The van der Waals surface area contributed by atoms with Gasteiger partial charge in [-0.1, -0.05) is 23.8 Å². The van der Waals surface area contributed by atoms with Crippen LogP contribution < -0.4 is 5.32 Å². The molecule has 0 spiro atoms. The SMILES string of the molecule is CC(=O)c1ccccc1NC(=O)c1cc(C)ccc1F.